The predicted octanol–water partition coefficient (Wildman–Crippen LogP) is 0.917. The van der Waals surface area contributed by atoms with Crippen molar-refractivity contribution in [3.05, 3.63) is 0 Å². The van der Waals surface area contributed by atoms with E-state index in [9.17, 15) is 24.3 Å². The van der Waals surface area contributed by atoms with E-state index in [1.165, 1.54) is 18.7 Å². The van der Waals surface area contributed by atoms with Crippen molar-refractivity contribution in [1.82, 2.24) is 10.2 Å². The smallest absolute Gasteiger partial charge is 0.307 e. The average molecular weight is 370 g/mol. The molecule has 1 saturated heterocycles. The highest BCUT2D eigenvalue weighted by Gasteiger charge is 2.39. The van der Waals surface area contributed by atoms with Crippen LogP contribution < -0.4 is 5.32 Å². The summed E-state index contributed by atoms with van der Waals surface area (Å²) in [4.78, 5) is 49.0. The number of carbonyl (C=O) groups excluding carboxylic acids is 3. The summed E-state index contributed by atoms with van der Waals surface area (Å²) in [5.74, 6) is -1.70. The Balaban J connectivity index is 1.90. The van der Waals surface area contributed by atoms with Gasteiger partial charge in [0.1, 0.15) is 11.8 Å². The number of nitrogens with one attached hydrogen (secondary N) is 1. The van der Waals surface area contributed by atoms with Crippen LogP contribution in [0.3, 0.4) is 0 Å². The molecule has 1 saturated carbocycles. The van der Waals surface area contributed by atoms with Gasteiger partial charge in [-0.25, -0.2) is 0 Å². The van der Waals surface area contributed by atoms with Gasteiger partial charge in [0.2, 0.25) is 11.8 Å². The fraction of sp³-hybridized carbons (Fsp3) is 0.765. The number of aliphatic carboxylic acids is 1. The molecule has 0 radical (unpaired) electrons. The Morgan fingerprint density at radius 1 is 1.28 bits per heavy atom. The minimum absolute atomic E-state index is 0.0154. The zero-order valence-electron chi connectivity index (χ0n) is 14.5. The first-order chi connectivity index (χ1) is 11.9. The van der Waals surface area contributed by atoms with Crippen LogP contribution in [0.15, 0.2) is 0 Å². The highest BCUT2D eigenvalue weighted by atomic mass is 32.2. The Labute approximate surface area is 151 Å². The molecule has 1 aliphatic heterocycles. The number of Topliss-reactive ketones (excluding diaryl/α,β-unsaturated/α-hetero) is 1. The third-order valence-corrected chi connectivity index (χ3v) is 6.01. The second-order valence-corrected chi connectivity index (χ2v) is 7.81. The molecule has 8 heteroatoms. The molecule has 0 bridgehead atoms. The molecule has 2 N–H and O–H groups in total. The number of carboxylic acids is 1. The van der Waals surface area contributed by atoms with Crippen LogP contribution in [0.4, 0.5) is 0 Å². The van der Waals surface area contributed by atoms with Crippen LogP contribution >= 0.6 is 11.8 Å². The van der Waals surface area contributed by atoms with Gasteiger partial charge >= 0.3 is 5.97 Å². The van der Waals surface area contributed by atoms with Crippen molar-refractivity contribution < 1.29 is 24.3 Å². The fourth-order valence-corrected chi connectivity index (χ4v) is 4.75. The molecule has 140 valence electrons. The van der Waals surface area contributed by atoms with Gasteiger partial charge in [0.05, 0.1) is 5.92 Å². The van der Waals surface area contributed by atoms with Crippen molar-refractivity contribution in [3.63, 3.8) is 0 Å². The molecular formula is C17H26N2O5S. The quantitative estimate of drug-likeness (QED) is 0.691. The molecule has 2 fully saturated rings. The van der Waals surface area contributed by atoms with Crippen molar-refractivity contribution in [2.24, 2.45) is 11.8 Å². The molecule has 7 nitrogen and oxygen atoms in total. The fourth-order valence-electron chi connectivity index (χ4n) is 3.48. The molecule has 1 heterocycles. The van der Waals surface area contributed by atoms with Crippen LogP contribution in [0.25, 0.3) is 0 Å². The maximum Gasteiger partial charge on any atom is 0.307 e. The Morgan fingerprint density at radius 2 is 1.96 bits per heavy atom. The number of likely N-dealkylation sites (tertiary alicyclic amines) is 1. The summed E-state index contributed by atoms with van der Waals surface area (Å²) in [5.41, 5.74) is 0. The molecule has 25 heavy (non-hydrogen) atoms. The number of rotatable bonds is 7. The molecule has 0 unspecified atom stereocenters. The zero-order valence-corrected chi connectivity index (χ0v) is 15.3. The van der Waals surface area contributed by atoms with Gasteiger partial charge in [0.25, 0.3) is 0 Å². The van der Waals surface area contributed by atoms with Crippen molar-refractivity contribution in [2.45, 2.75) is 45.1 Å². The number of hydrogen-bond donors (Lipinski definition) is 2. The maximum atomic E-state index is 12.6. The number of amides is 2. The summed E-state index contributed by atoms with van der Waals surface area (Å²) in [6.45, 7) is 2.80. The average Bonchev–Trinajstić information content (AvgIpc) is 2.95. The van der Waals surface area contributed by atoms with Gasteiger partial charge in [-0.2, -0.15) is 11.8 Å². The lowest BCUT2D eigenvalue weighted by molar-refractivity contribution is -0.143. The molecule has 1 aliphatic carbocycles. The molecule has 0 spiro atoms. The van der Waals surface area contributed by atoms with E-state index in [2.05, 4.69) is 5.32 Å². The first-order valence-electron chi connectivity index (χ1n) is 8.79. The van der Waals surface area contributed by atoms with Gasteiger partial charge in [-0.3, -0.25) is 19.2 Å². The van der Waals surface area contributed by atoms with E-state index in [0.29, 0.717) is 37.4 Å². The Hall–Kier alpha value is -1.57. The number of thioether (sulfide) groups is 1. The number of hydrogen-bond acceptors (Lipinski definition) is 5. The monoisotopic (exact) mass is 370 g/mol. The first-order valence-corrected chi connectivity index (χ1v) is 9.94. The van der Waals surface area contributed by atoms with Crippen molar-refractivity contribution in [2.75, 3.05) is 24.6 Å². The number of carboxylic acid groups (broad SMARTS) is 1. The van der Waals surface area contributed by atoms with Gasteiger partial charge in [-0.1, -0.05) is 0 Å². The number of piperidine rings is 1. The summed E-state index contributed by atoms with van der Waals surface area (Å²) in [6.07, 6.45) is 3.76. The van der Waals surface area contributed by atoms with Crippen LogP contribution in [0, 0.1) is 11.8 Å². The van der Waals surface area contributed by atoms with Gasteiger partial charge < -0.3 is 15.3 Å². The highest BCUT2D eigenvalue weighted by molar-refractivity contribution is 7.99. The van der Waals surface area contributed by atoms with E-state index < -0.39 is 23.8 Å². The topological polar surface area (TPSA) is 104 Å². The number of carbonyl (C=O) groups is 4. The summed E-state index contributed by atoms with van der Waals surface area (Å²) in [6, 6.07) is -0.625. The lowest BCUT2D eigenvalue weighted by atomic mass is 9.98. The Kier molecular flexibility index (Phi) is 7.28. The van der Waals surface area contributed by atoms with E-state index >= 15 is 0 Å². The second kappa shape index (κ2) is 9.22. The third kappa shape index (κ3) is 5.45. The van der Waals surface area contributed by atoms with Crippen LogP contribution in [0.1, 0.15) is 39.0 Å². The van der Waals surface area contributed by atoms with E-state index in [0.717, 1.165) is 19.3 Å². The zero-order chi connectivity index (χ0) is 18.4. The molecular weight excluding hydrogens is 344 g/mol. The third-order valence-electron chi connectivity index (χ3n) is 4.84. The van der Waals surface area contributed by atoms with E-state index in [1.807, 2.05) is 0 Å². The van der Waals surface area contributed by atoms with Crippen LogP contribution in [-0.4, -0.2) is 64.2 Å². The lowest BCUT2D eigenvalue weighted by Gasteiger charge is -2.30. The Bertz CT molecular complexity index is 533. The predicted molar refractivity (Wildman–Crippen MR) is 94.2 cm³/mol. The Morgan fingerprint density at radius 3 is 2.56 bits per heavy atom. The highest BCUT2D eigenvalue weighted by Crippen LogP contribution is 2.31. The summed E-state index contributed by atoms with van der Waals surface area (Å²) in [7, 11) is 0. The van der Waals surface area contributed by atoms with Crippen LogP contribution in [0.2, 0.25) is 0 Å². The first kappa shape index (κ1) is 19.8. The number of ketones is 1. The lowest BCUT2D eigenvalue weighted by Crippen LogP contribution is -2.50. The molecule has 2 aliphatic rings. The number of nitrogens with zero attached hydrogens (tertiary/aromatic N) is 1. The van der Waals surface area contributed by atoms with Gasteiger partial charge in [0, 0.05) is 43.9 Å². The van der Waals surface area contributed by atoms with Gasteiger partial charge in [-0.15, -0.1) is 0 Å². The molecule has 2 rings (SSSR count). The maximum absolute atomic E-state index is 12.6. The van der Waals surface area contributed by atoms with E-state index in [-0.39, 0.29) is 17.6 Å². The van der Waals surface area contributed by atoms with Crippen LogP contribution in [0.5, 0.6) is 0 Å². The molecule has 0 aromatic rings. The summed E-state index contributed by atoms with van der Waals surface area (Å²) >= 11 is 1.37. The standard InChI is InChI=1S/C17H26N2O5S/c1-11(20)18-14(16(22)19-7-3-2-4-8-19)10-25-9-13-12(17(23)24)5-6-15(13)21/h12-14H,2-10H2,1H3,(H,18,20)(H,23,24)/t12-,13+,14+/m1/s1. The van der Waals surface area contributed by atoms with Crippen molar-refractivity contribution in [3.8, 4) is 0 Å². The van der Waals surface area contributed by atoms with Crippen molar-refractivity contribution >= 4 is 35.3 Å². The van der Waals surface area contributed by atoms with Crippen LogP contribution in [-0.2, 0) is 19.2 Å². The molecule has 3 atom stereocenters. The summed E-state index contributed by atoms with van der Waals surface area (Å²) in [5, 5.41) is 11.9. The second-order valence-electron chi connectivity index (χ2n) is 6.73. The summed E-state index contributed by atoms with van der Waals surface area (Å²) < 4.78 is 0. The van der Waals surface area contributed by atoms with Gasteiger partial charge in [-0.05, 0) is 25.7 Å². The molecule has 0 aromatic carbocycles. The van der Waals surface area contributed by atoms with E-state index in [1.54, 1.807) is 4.90 Å². The minimum Gasteiger partial charge on any atom is -0.481 e. The molecule has 2 amide bonds. The van der Waals surface area contributed by atoms with Gasteiger partial charge in [0.15, 0.2) is 0 Å². The SMILES string of the molecule is CC(=O)N[C@@H](CSC[C@@H]1C(=O)CC[C@H]1C(=O)O)C(=O)N1CCCCC1. The van der Waals surface area contributed by atoms with E-state index in [4.69, 9.17) is 0 Å². The normalized spacial score (nSPS) is 24.8. The molecule has 0 aromatic heterocycles. The largest absolute Gasteiger partial charge is 0.481 e. The minimum atomic E-state index is -0.931. The van der Waals surface area contributed by atoms with Crippen molar-refractivity contribution in [1.29, 1.82) is 0 Å².